The first-order chi connectivity index (χ1) is 18.6. The maximum absolute atomic E-state index is 12.8. The minimum atomic E-state index is 0.0777. The Morgan fingerprint density at radius 1 is 0.763 bits per heavy atom. The summed E-state index contributed by atoms with van der Waals surface area (Å²) in [5.74, 6) is 1.31. The number of hydrogen-bond acceptors (Lipinski definition) is 4. The molecule has 0 N–H and O–H groups in total. The van der Waals surface area contributed by atoms with Crippen molar-refractivity contribution in [1.82, 2.24) is 14.5 Å². The SMILES string of the molecule is CCCCCCCCC(CCCCCC)C(=O)OCCCCCCN(CCCC)CCCn1ccnc1C. The fraction of sp³-hybridized carbons (Fsp3) is 0.879. The quantitative estimate of drug-likeness (QED) is 0.0835. The van der Waals surface area contributed by atoms with Gasteiger partial charge in [-0.25, -0.2) is 4.98 Å². The molecule has 1 aromatic rings. The minimum absolute atomic E-state index is 0.0777. The topological polar surface area (TPSA) is 47.4 Å². The second-order valence-electron chi connectivity index (χ2n) is 11.4. The molecule has 0 aliphatic heterocycles. The van der Waals surface area contributed by atoms with Crippen LogP contribution < -0.4 is 0 Å². The van der Waals surface area contributed by atoms with Crippen LogP contribution >= 0.6 is 0 Å². The number of nitrogens with zero attached hydrogens (tertiary/aromatic N) is 3. The summed E-state index contributed by atoms with van der Waals surface area (Å²) in [5.41, 5.74) is 0. The summed E-state index contributed by atoms with van der Waals surface area (Å²) < 4.78 is 8.03. The molecule has 0 aliphatic carbocycles. The molecule has 0 fully saturated rings. The Hall–Kier alpha value is -1.36. The van der Waals surface area contributed by atoms with Crippen LogP contribution in [0.5, 0.6) is 0 Å². The number of carbonyl (C=O) groups is 1. The van der Waals surface area contributed by atoms with Crippen LogP contribution in [0, 0.1) is 12.8 Å². The van der Waals surface area contributed by atoms with E-state index in [0.717, 1.165) is 44.6 Å². The monoisotopic (exact) mass is 533 g/mol. The van der Waals surface area contributed by atoms with Gasteiger partial charge in [-0.15, -0.1) is 0 Å². The van der Waals surface area contributed by atoms with Gasteiger partial charge in [-0.3, -0.25) is 4.79 Å². The number of aromatic nitrogens is 2. The molecular weight excluding hydrogens is 470 g/mol. The standard InChI is InChI=1S/C33H63N3O2/c1-5-8-11-13-14-18-23-32(22-17-12-9-6-2)33(37)38-30-20-16-15-19-26-35(25-10-7-3)27-21-28-36-29-24-34-31(36)4/h24,29,32H,5-23,25-28,30H2,1-4H3. The van der Waals surface area contributed by atoms with Gasteiger partial charge < -0.3 is 14.2 Å². The fourth-order valence-corrected chi connectivity index (χ4v) is 5.27. The second kappa shape index (κ2) is 24.7. The van der Waals surface area contributed by atoms with Crippen LogP contribution in [0.4, 0.5) is 0 Å². The molecule has 0 saturated carbocycles. The van der Waals surface area contributed by atoms with Crippen molar-refractivity contribution in [2.75, 3.05) is 26.2 Å². The van der Waals surface area contributed by atoms with Crippen molar-refractivity contribution in [2.45, 2.75) is 156 Å². The first-order valence-corrected chi connectivity index (χ1v) is 16.5. The molecule has 1 heterocycles. The number of hydrogen-bond donors (Lipinski definition) is 0. The Morgan fingerprint density at radius 2 is 1.32 bits per heavy atom. The molecule has 0 saturated heterocycles. The summed E-state index contributed by atoms with van der Waals surface area (Å²) in [7, 11) is 0. The van der Waals surface area contributed by atoms with E-state index in [1.165, 1.54) is 109 Å². The number of ether oxygens (including phenoxy) is 1. The van der Waals surface area contributed by atoms with Crippen molar-refractivity contribution in [2.24, 2.45) is 5.92 Å². The van der Waals surface area contributed by atoms with E-state index in [4.69, 9.17) is 4.74 Å². The van der Waals surface area contributed by atoms with E-state index >= 15 is 0 Å². The third-order valence-electron chi connectivity index (χ3n) is 7.88. The van der Waals surface area contributed by atoms with E-state index in [9.17, 15) is 4.79 Å². The highest BCUT2D eigenvalue weighted by Crippen LogP contribution is 2.20. The van der Waals surface area contributed by atoms with Gasteiger partial charge >= 0.3 is 5.97 Å². The molecular formula is C33H63N3O2. The molecule has 0 radical (unpaired) electrons. The fourth-order valence-electron chi connectivity index (χ4n) is 5.27. The zero-order valence-electron chi connectivity index (χ0n) is 25.9. The Labute approximate surface area is 236 Å². The lowest BCUT2D eigenvalue weighted by Crippen LogP contribution is -2.28. The molecule has 1 aromatic heterocycles. The predicted molar refractivity (Wildman–Crippen MR) is 163 cm³/mol. The van der Waals surface area contributed by atoms with Crippen LogP contribution in [0.2, 0.25) is 0 Å². The maximum Gasteiger partial charge on any atom is 0.308 e. The zero-order chi connectivity index (χ0) is 27.7. The van der Waals surface area contributed by atoms with Crippen molar-refractivity contribution in [3.05, 3.63) is 18.2 Å². The number of esters is 1. The Balaban J connectivity index is 2.22. The van der Waals surface area contributed by atoms with Gasteiger partial charge in [0.1, 0.15) is 5.82 Å². The second-order valence-corrected chi connectivity index (χ2v) is 11.4. The predicted octanol–water partition coefficient (Wildman–Crippen LogP) is 9.12. The molecule has 0 aromatic carbocycles. The van der Waals surface area contributed by atoms with E-state index in [1.54, 1.807) is 0 Å². The molecule has 1 atom stereocenters. The van der Waals surface area contributed by atoms with Gasteiger partial charge in [-0.1, -0.05) is 104 Å². The van der Waals surface area contributed by atoms with Gasteiger partial charge in [0.2, 0.25) is 0 Å². The van der Waals surface area contributed by atoms with E-state index in [0.29, 0.717) is 6.61 Å². The number of aryl methyl sites for hydroxylation is 2. The first-order valence-electron chi connectivity index (χ1n) is 16.5. The smallest absolute Gasteiger partial charge is 0.308 e. The number of carbonyl (C=O) groups excluding carboxylic acids is 1. The Bertz CT molecular complexity index is 660. The lowest BCUT2D eigenvalue weighted by Gasteiger charge is -2.22. The molecule has 0 spiro atoms. The summed E-state index contributed by atoms with van der Waals surface area (Å²) >= 11 is 0. The minimum Gasteiger partial charge on any atom is -0.465 e. The summed E-state index contributed by atoms with van der Waals surface area (Å²) in [4.78, 5) is 19.8. The summed E-state index contributed by atoms with van der Waals surface area (Å²) in [6.45, 7) is 14.1. The Morgan fingerprint density at radius 3 is 1.97 bits per heavy atom. The normalized spacial score (nSPS) is 12.3. The van der Waals surface area contributed by atoms with Crippen LogP contribution in [0.15, 0.2) is 12.4 Å². The highest BCUT2D eigenvalue weighted by Gasteiger charge is 2.19. The van der Waals surface area contributed by atoms with Crippen LogP contribution in [0.3, 0.4) is 0 Å². The van der Waals surface area contributed by atoms with Gasteiger partial charge in [0, 0.05) is 18.9 Å². The highest BCUT2D eigenvalue weighted by atomic mass is 16.5. The van der Waals surface area contributed by atoms with Crippen LogP contribution in [-0.2, 0) is 16.1 Å². The lowest BCUT2D eigenvalue weighted by molar-refractivity contribution is -0.149. The van der Waals surface area contributed by atoms with Crippen LogP contribution in [0.1, 0.15) is 149 Å². The van der Waals surface area contributed by atoms with E-state index in [1.807, 2.05) is 6.20 Å². The molecule has 38 heavy (non-hydrogen) atoms. The van der Waals surface area contributed by atoms with E-state index in [-0.39, 0.29) is 11.9 Å². The molecule has 0 aliphatic rings. The number of imidazole rings is 1. The molecule has 5 heteroatoms. The average molecular weight is 534 g/mol. The van der Waals surface area contributed by atoms with Gasteiger partial charge in [-0.2, -0.15) is 0 Å². The molecule has 0 amide bonds. The van der Waals surface area contributed by atoms with Crippen LogP contribution in [0.25, 0.3) is 0 Å². The third kappa shape index (κ3) is 18.0. The molecule has 5 nitrogen and oxygen atoms in total. The number of unbranched alkanes of at least 4 members (excludes halogenated alkanes) is 12. The van der Waals surface area contributed by atoms with Crippen LogP contribution in [-0.4, -0.2) is 46.7 Å². The Kier molecular flexibility index (Phi) is 22.5. The van der Waals surface area contributed by atoms with Gasteiger partial charge in [0.05, 0.1) is 12.5 Å². The van der Waals surface area contributed by atoms with E-state index < -0.39 is 0 Å². The maximum atomic E-state index is 12.8. The lowest BCUT2D eigenvalue weighted by atomic mass is 9.94. The molecule has 222 valence electrons. The van der Waals surface area contributed by atoms with Gasteiger partial charge in [0.25, 0.3) is 0 Å². The van der Waals surface area contributed by atoms with Gasteiger partial charge in [0.15, 0.2) is 0 Å². The van der Waals surface area contributed by atoms with Gasteiger partial charge in [-0.05, 0) is 65.1 Å². The van der Waals surface area contributed by atoms with Crippen molar-refractivity contribution in [1.29, 1.82) is 0 Å². The first kappa shape index (κ1) is 34.7. The summed E-state index contributed by atoms with van der Waals surface area (Å²) in [6.07, 6.45) is 27.0. The molecule has 1 unspecified atom stereocenters. The largest absolute Gasteiger partial charge is 0.465 e. The van der Waals surface area contributed by atoms with Crippen molar-refractivity contribution in [3.8, 4) is 0 Å². The van der Waals surface area contributed by atoms with Crippen molar-refractivity contribution >= 4 is 5.97 Å². The molecule has 1 rings (SSSR count). The van der Waals surface area contributed by atoms with Crippen molar-refractivity contribution in [3.63, 3.8) is 0 Å². The number of rotatable bonds is 27. The zero-order valence-corrected chi connectivity index (χ0v) is 25.9. The third-order valence-corrected chi connectivity index (χ3v) is 7.88. The van der Waals surface area contributed by atoms with Crippen molar-refractivity contribution < 1.29 is 9.53 Å². The average Bonchev–Trinajstić information content (AvgIpc) is 3.33. The summed E-state index contributed by atoms with van der Waals surface area (Å²) in [5, 5.41) is 0. The van der Waals surface area contributed by atoms with E-state index in [2.05, 4.69) is 48.3 Å². The highest BCUT2D eigenvalue weighted by molar-refractivity contribution is 5.72. The molecule has 0 bridgehead atoms. The summed E-state index contributed by atoms with van der Waals surface area (Å²) in [6, 6.07) is 0.